The summed E-state index contributed by atoms with van der Waals surface area (Å²) in [7, 11) is 1.48. The zero-order valence-electron chi connectivity index (χ0n) is 12.2. The average molecular weight is 286 g/mol. The molecule has 5 heteroatoms. The number of Topliss-reactive ketones (excluding diaryl/α,β-unsaturated/α-hetero) is 1. The summed E-state index contributed by atoms with van der Waals surface area (Å²) >= 11 is 0. The van der Waals surface area contributed by atoms with Crippen molar-refractivity contribution in [2.75, 3.05) is 7.11 Å². The summed E-state index contributed by atoms with van der Waals surface area (Å²) in [5.41, 5.74) is 1.15. The van der Waals surface area contributed by atoms with Crippen LogP contribution in [0.3, 0.4) is 0 Å². The second kappa shape index (κ2) is 6.83. The van der Waals surface area contributed by atoms with E-state index in [0.29, 0.717) is 30.6 Å². The molecule has 0 aliphatic carbocycles. The maximum absolute atomic E-state index is 12.0. The minimum absolute atomic E-state index is 0.0719. The Balaban J connectivity index is 2.01. The maximum atomic E-state index is 12.0. The summed E-state index contributed by atoms with van der Waals surface area (Å²) in [5, 5.41) is 0. The molecule has 0 N–H and O–H groups in total. The molecule has 1 heterocycles. The Kier molecular flexibility index (Phi) is 4.87. The van der Waals surface area contributed by atoms with Crippen LogP contribution in [0.4, 0.5) is 0 Å². The first-order valence-electron chi connectivity index (χ1n) is 6.82. The Hall–Kier alpha value is -2.43. The third-order valence-corrected chi connectivity index (χ3v) is 3.17. The van der Waals surface area contributed by atoms with Gasteiger partial charge in [-0.15, -0.1) is 0 Å². The van der Waals surface area contributed by atoms with Crippen molar-refractivity contribution in [1.29, 1.82) is 0 Å². The van der Waals surface area contributed by atoms with E-state index in [1.165, 1.54) is 17.7 Å². The minimum atomic E-state index is -0.161. The Morgan fingerprint density at radius 3 is 2.67 bits per heavy atom. The van der Waals surface area contributed by atoms with Crippen LogP contribution in [0.1, 0.15) is 28.9 Å². The third kappa shape index (κ3) is 3.78. The molecule has 0 spiro atoms. The normalized spacial score (nSPS) is 10.4. The van der Waals surface area contributed by atoms with Gasteiger partial charge in [0.1, 0.15) is 0 Å². The number of hydrogen-bond donors (Lipinski definition) is 0. The van der Waals surface area contributed by atoms with Gasteiger partial charge in [-0.1, -0.05) is 30.3 Å². The van der Waals surface area contributed by atoms with Crippen LogP contribution in [0.15, 0.2) is 41.2 Å². The molecule has 0 saturated heterocycles. The second-order valence-electron chi connectivity index (χ2n) is 4.77. The predicted octanol–water partition coefficient (Wildman–Crippen LogP) is 2.22. The minimum Gasteiger partial charge on any atom is -0.468 e. The Bertz CT molecular complexity index is 678. The molecular formula is C16H18N2O3. The number of aromatic nitrogens is 2. The lowest BCUT2D eigenvalue weighted by atomic mass is 10.1. The van der Waals surface area contributed by atoms with Gasteiger partial charge in [0.2, 0.25) is 0 Å². The first-order chi connectivity index (χ1) is 10.1. The lowest BCUT2D eigenvalue weighted by molar-refractivity contribution is 0.0978. The first kappa shape index (κ1) is 15.0. The Morgan fingerprint density at radius 2 is 2.00 bits per heavy atom. The number of carbonyl (C=O) groups excluding carboxylic acids is 1. The summed E-state index contributed by atoms with van der Waals surface area (Å²) in [6.45, 7) is 2.15. The van der Waals surface area contributed by atoms with E-state index >= 15 is 0 Å². The highest BCUT2D eigenvalue weighted by molar-refractivity contribution is 5.95. The summed E-state index contributed by atoms with van der Waals surface area (Å²) in [5.74, 6) is 0.0719. The molecule has 0 unspecified atom stereocenters. The molecule has 21 heavy (non-hydrogen) atoms. The van der Waals surface area contributed by atoms with E-state index in [1.54, 1.807) is 19.1 Å². The van der Waals surface area contributed by atoms with E-state index in [-0.39, 0.29) is 17.4 Å². The van der Waals surface area contributed by atoms with E-state index in [1.807, 2.05) is 18.2 Å². The standard InChI is InChI=1S/C16H18N2O3/c1-12-11-15(20)18(16(17-12)21-2)10-6-9-14(19)13-7-4-3-5-8-13/h3-5,7-8,11H,6,9-10H2,1-2H3. The van der Waals surface area contributed by atoms with Crippen molar-refractivity contribution in [3.8, 4) is 6.01 Å². The predicted molar refractivity (Wildman–Crippen MR) is 79.8 cm³/mol. The van der Waals surface area contributed by atoms with Crippen LogP contribution in [0, 0.1) is 6.92 Å². The average Bonchev–Trinajstić information content (AvgIpc) is 2.49. The highest BCUT2D eigenvalue weighted by Gasteiger charge is 2.09. The molecule has 2 rings (SSSR count). The highest BCUT2D eigenvalue weighted by atomic mass is 16.5. The number of nitrogens with zero attached hydrogens (tertiary/aromatic N) is 2. The number of carbonyl (C=O) groups is 1. The molecule has 0 radical (unpaired) electrons. The molecule has 2 aromatic rings. The zero-order chi connectivity index (χ0) is 15.2. The number of methoxy groups -OCH3 is 1. The molecule has 1 aromatic carbocycles. The van der Waals surface area contributed by atoms with Gasteiger partial charge >= 0.3 is 0 Å². The van der Waals surface area contributed by atoms with Gasteiger partial charge in [-0.05, 0) is 13.3 Å². The fraction of sp³-hybridized carbons (Fsp3) is 0.312. The largest absolute Gasteiger partial charge is 0.468 e. The van der Waals surface area contributed by atoms with Gasteiger partial charge in [0.05, 0.1) is 7.11 Å². The van der Waals surface area contributed by atoms with Gasteiger partial charge in [0, 0.05) is 30.3 Å². The van der Waals surface area contributed by atoms with Crippen LogP contribution in [0.25, 0.3) is 0 Å². The van der Waals surface area contributed by atoms with Crippen LogP contribution >= 0.6 is 0 Å². The SMILES string of the molecule is COc1nc(C)cc(=O)n1CCCC(=O)c1ccccc1. The van der Waals surface area contributed by atoms with Crippen molar-refractivity contribution in [3.05, 3.63) is 58.0 Å². The van der Waals surface area contributed by atoms with E-state index in [4.69, 9.17) is 4.74 Å². The molecule has 0 aliphatic rings. The summed E-state index contributed by atoms with van der Waals surface area (Å²) < 4.78 is 6.57. The molecule has 0 aliphatic heterocycles. The Morgan fingerprint density at radius 1 is 1.29 bits per heavy atom. The Labute approximate surface area is 123 Å². The van der Waals surface area contributed by atoms with E-state index in [0.717, 1.165) is 0 Å². The molecule has 0 atom stereocenters. The highest BCUT2D eigenvalue weighted by Crippen LogP contribution is 2.09. The molecule has 110 valence electrons. The van der Waals surface area contributed by atoms with Crippen LogP contribution < -0.4 is 10.3 Å². The van der Waals surface area contributed by atoms with Crippen LogP contribution in [0.5, 0.6) is 6.01 Å². The van der Waals surface area contributed by atoms with Gasteiger partial charge in [-0.25, -0.2) is 4.98 Å². The topological polar surface area (TPSA) is 61.2 Å². The summed E-state index contributed by atoms with van der Waals surface area (Å²) in [6.07, 6.45) is 0.947. The first-order valence-corrected chi connectivity index (χ1v) is 6.82. The fourth-order valence-corrected chi connectivity index (χ4v) is 2.12. The van der Waals surface area contributed by atoms with Crippen LogP contribution in [0.2, 0.25) is 0 Å². The second-order valence-corrected chi connectivity index (χ2v) is 4.77. The quantitative estimate of drug-likeness (QED) is 0.764. The van der Waals surface area contributed by atoms with E-state index in [2.05, 4.69) is 4.98 Å². The van der Waals surface area contributed by atoms with Crippen molar-refractivity contribution in [2.24, 2.45) is 0 Å². The van der Waals surface area contributed by atoms with Crippen molar-refractivity contribution >= 4 is 5.78 Å². The lowest BCUT2D eigenvalue weighted by Gasteiger charge is -2.10. The molecule has 0 fully saturated rings. The molecule has 1 aromatic heterocycles. The van der Waals surface area contributed by atoms with Crippen molar-refractivity contribution in [3.63, 3.8) is 0 Å². The fourth-order valence-electron chi connectivity index (χ4n) is 2.12. The molecule has 5 nitrogen and oxygen atoms in total. The van der Waals surface area contributed by atoms with E-state index < -0.39 is 0 Å². The van der Waals surface area contributed by atoms with Crippen molar-refractivity contribution in [2.45, 2.75) is 26.3 Å². The summed E-state index contributed by atoms with van der Waals surface area (Å²) in [6, 6.07) is 10.9. The van der Waals surface area contributed by atoms with Crippen LogP contribution in [-0.2, 0) is 6.54 Å². The maximum Gasteiger partial charge on any atom is 0.299 e. The van der Waals surface area contributed by atoms with Gasteiger partial charge in [0.15, 0.2) is 5.78 Å². The van der Waals surface area contributed by atoms with Gasteiger partial charge < -0.3 is 4.74 Å². The lowest BCUT2D eigenvalue weighted by Crippen LogP contribution is -2.23. The smallest absolute Gasteiger partial charge is 0.299 e. The summed E-state index contributed by atoms with van der Waals surface area (Å²) in [4.78, 5) is 28.1. The molecule has 0 bridgehead atoms. The molecular weight excluding hydrogens is 268 g/mol. The number of rotatable bonds is 6. The third-order valence-electron chi connectivity index (χ3n) is 3.17. The van der Waals surface area contributed by atoms with Gasteiger partial charge in [-0.2, -0.15) is 0 Å². The monoisotopic (exact) mass is 286 g/mol. The molecule has 0 saturated carbocycles. The van der Waals surface area contributed by atoms with Crippen LogP contribution in [-0.4, -0.2) is 22.4 Å². The van der Waals surface area contributed by atoms with Gasteiger partial charge in [0.25, 0.3) is 11.6 Å². The number of benzene rings is 1. The molecule has 0 amide bonds. The zero-order valence-corrected chi connectivity index (χ0v) is 12.2. The number of aryl methyl sites for hydroxylation is 1. The number of hydrogen-bond acceptors (Lipinski definition) is 4. The van der Waals surface area contributed by atoms with Crippen molar-refractivity contribution in [1.82, 2.24) is 9.55 Å². The van der Waals surface area contributed by atoms with E-state index in [9.17, 15) is 9.59 Å². The van der Waals surface area contributed by atoms with Gasteiger partial charge in [-0.3, -0.25) is 14.2 Å². The number of ether oxygens (including phenoxy) is 1. The van der Waals surface area contributed by atoms with Crippen molar-refractivity contribution < 1.29 is 9.53 Å². The number of ketones is 1.